The number of para-hydroxylation sites is 1. The number of phenolic OH excluding ortho intramolecular Hbond substituents is 1. The molecule has 1 aromatic heterocycles. The zero-order valence-corrected chi connectivity index (χ0v) is 10.4. The Morgan fingerprint density at radius 2 is 2.26 bits per heavy atom. The minimum atomic E-state index is -0.614. The maximum Gasteiger partial charge on any atom is 0.242 e. The number of nitrogens with zero attached hydrogens (tertiary/aromatic N) is 3. The molecule has 0 saturated carbocycles. The molecule has 5 nitrogen and oxygen atoms in total. The number of anilines is 1. The average Bonchev–Trinajstić information content (AvgIpc) is 2.83. The molecule has 0 aliphatic carbocycles. The molecule has 2 heterocycles. The van der Waals surface area contributed by atoms with Crippen LogP contribution in [0.3, 0.4) is 0 Å². The van der Waals surface area contributed by atoms with E-state index in [4.69, 9.17) is 0 Å². The van der Waals surface area contributed by atoms with Crippen LogP contribution in [0.5, 0.6) is 5.75 Å². The van der Waals surface area contributed by atoms with E-state index in [-0.39, 0.29) is 5.75 Å². The van der Waals surface area contributed by atoms with Gasteiger partial charge in [-0.25, -0.2) is 9.07 Å². The smallest absolute Gasteiger partial charge is 0.242 e. The second-order valence-electron chi connectivity index (χ2n) is 4.63. The van der Waals surface area contributed by atoms with E-state index in [1.54, 1.807) is 12.1 Å². The van der Waals surface area contributed by atoms with Crippen LogP contribution in [0.4, 0.5) is 10.3 Å². The molecular formula is C13H15FN4O. The Morgan fingerprint density at radius 3 is 3.11 bits per heavy atom. The first-order valence-electron chi connectivity index (χ1n) is 6.38. The van der Waals surface area contributed by atoms with Gasteiger partial charge in [-0.15, -0.1) is 5.10 Å². The van der Waals surface area contributed by atoms with Crippen molar-refractivity contribution in [2.45, 2.75) is 32.4 Å². The second-order valence-corrected chi connectivity index (χ2v) is 4.63. The molecule has 0 amide bonds. The number of nitrogens with one attached hydrogen (secondary N) is 1. The number of aryl methyl sites for hydroxylation is 2. The van der Waals surface area contributed by atoms with E-state index >= 15 is 0 Å². The lowest BCUT2D eigenvalue weighted by Crippen LogP contribution is -2.11. The fourth-order valence-corrected chi connectivity index (χ4v) is 2.23. The minimum absolute atomic E-state index is 0.299. The van der Waals surface area contributed by atoms with Crippen LogP contribution in [0.1, 0.15) is 24.2 Å². The van der Waals surface area contributed by atoms with Crippen LogP contribution in [-0.4, -0.2) is 19.9 Å². The fraction of sp³-hybridized carbons (Fsp3) is 0.385. The van der Waals surface area contributed by atoms with Crippen LogP contribution < -0.4 is 5.32 Å². The SMILES string of the molecule is Oc1c(F)cccc1CNc1nc2n(n1)CCCC2. The zero-order valence-electron chi connectivity index (χ0n) is 10.4. The highest BCUT2D eigenvalue weighted by Crippen LogP contribution is 2.21. The molecule has 19 heavy (non-hydrogen) atoms. The monoisotopic (exact) mass is 262 g/mol. The number of fused-ring (bicyclic) bond motifs is 1. The summed E-state index contributed by atoms with van der Waals surface area (Å²) in [6.07, 6.45) is 3.21. The lowest BCUT2D eigenvalue weighted by Gasteiger charge is -2.09. The topological polar surface area (TPSA) is 63.0 Å². The first-order valence-corrected chi connectivity index (χ1v) is 6.38. The summed E-state index contributed by atoms with van der Waals surface area (Å²) in [4.78, 5) is 4.38. The largest absolute Gasteiger partial charge is 0.505 e. The van der Waals surface area contributed by atoms with Gasteiger partial charge in [0, 0.05) is 25.1 Å². The van der Waals surface area contributed by atoms with E-state index in [1.807, 2.05) is 4.68 Å². The standard InChI is InChI=1S/C13H15FN4O/c14-10-5-3-4-9(12(10)19)8-15-13-16-11-6-1-2-7-18(11)17-13/h3-5,19H,1-2,6-8H2,(H,15,17). The van der Waals surface area contributed by atoms with Crippen molar-refractivity contribution in [2.75, 3.05) is 5.32 Å². The van der Waals surface area contributed by atoms with E-state index in [2.05, 4.69) is 15.4 Å². The van der Waals surface area contributed by atoms with Gasteiger partial charge < -0.3 is 10.4 Å². The van der Waals surface area contributed by atoms with Gasteiger partial charge in [-0.3, -0.25) is 0 Å². The molecule has 100 valence electrons. The molecule has 0 spiro atoms. The number of hydrogen-bond acceptors (Lipinski definition) is 4. The molecular weight excluding hydrogens is 247 g/mol. The van der Waals surface area contributed by atoms with Crippen LogP contribution >= 0.6 is 0 Å². The number of aromatic nitrogens is 3. The summed E-state index contributed by atoms with van der Waals surface area (Å²) in [5.74, 6) is 0.577. The van der Waals surface area contributed by atoms with Crippen molar-refractivity contribution in [3.05, 3.63) is 35.4 Å². The van der Waals surface area contributed by atoms with Crippen LogP contribution in [0.2, 0.25) is 0 Å². The normalized spacial score (nSPS) is 14.2. The fourth-order valence-electron chi connectivity index (χ4n) is 2.23. The quantitative estimate of drug-likeness (QED) is 0.889. The highest BCUT2D eigenvalue weighted by atomic mass is 19.1. The van der Waals surface area contributed by atoms with Gasteiger partial charge in [0.05, 0.1) is 0 Å². The van der Waals surface area contributed by atoms with Gasteiger partial charge in [0.25, 0.3) is 0 Å². The molecule has 1 aliphatic rings. The van der Waals surface area contributed by atoms with Gasteiger partial charge >= 0.3 is 0 Å². The molecule has 0 atom stereocenters. The Bertz CT molecular complexity index is 573. The molecule has 0 unspecified atom stereocenters. The second kappa shape index (κ2) is 4.87. The van der Waals surface area contributed by atoms with E-state index < -0.39 is 5.82 Å². The summed E-state index contributed by atoms with van der Waals surface area (Å²) in [5, 5.41) is 16.9. The summed E-state index contributed by atoms with van der Waals surface area (Å²) >= 11 is 0. The van der Waals surface area contributed by atoms with Crippen molar-refractivity contribution in [1.82, 2.24) is 14.8 Å². The third-order valence-corrected chi connectivity index (χ3v) is 3.28. The lowest BCUT2D eigenvalue weighted by atomic mass is 10.2. The third kappa shape index (κ3) is 2.38. The van der Waals surface area contributed by atoms with Crippen molar-refractivity contribution < 1.29 is 9.50 Å². The predicted octanol–water partition coefficient (Wildman–Crippen LogP) is 2.07. The van der Waals surface area contributed by atoms with Crippen molar-refractivity contribution in [3.63, 3.8) is 0 Å². The molecule has 0 radical (unpaired) electrons. The van der Waals surface area contributed by atoms with Gasteiger partial charge in [-0.2, -0.15) is 4.98 Å². The van der Waals surface area contributed by atoms with Crippen molar-refractivity contribution in [1.29, 1.82) is 0 Å². The third-order valence-electron chi connectivity index (χ3n) is 3.28. The number of rotatable bonds is 3. The molecule has 6 heteroatoms. The summed E-state index contributed by atoms with van der Waals surface area (Å²) in [6, 6.07) is 4.46. The van der Waals surface area contributed by atoms with Gasteiger partial charge in [0.15, 0.2) is 11.6 Å². The van der Waals surface area contributed by atoms with Crippen LogP contribution in [-0.2, 0) is 19.5 Å². The maximum atomic E-state index is 13.2. The van der Waals surface area contributed by atoms with Gasteiger partial charge in [0.1, 0.15) is 5.82 Å². The van der Waals surface area contributed by atoms with Crippen molar-refractivity contribution in [2.24, 2.45) is 0 Å². The van der Waals surface area contributed by atoms with Gasteiger partial charge in [-0.05, 0) is 18.9 Å². The summed E-state index contributed by atoms with van der Waals surface area (Å²) in [5.41, 5.74) is 0.493. The van der Waals surface area contributed by atoms with Crippen molar-refractivity contribution in [3.8, 4) is 5.75 Å². The Morgan fingerprint density at radius 1 is 1.37 bits per heavy atom. The van der Waals surface area contributed by atoms with Gasteiger partial charge in [0.2, 0.25) is 5.95 Å². The molecule has 2 N–H and O–H groups in total. The molecule has 0 saturated heterocycles. The number of hydrogen-bond donors (Lipinski definition) is 2. The molecule has 3 rings (SSSR count). The average molecular weight is 262 g/mol. The Hall–Kier alpha value is -2.11. The Labute approximate surface area is 110 Å². The van der Waals surface area contributed by atoms with Crippen LogP contribution in [0.15, 0.2) is 18.2 Å². The Kier molecular flexibility index (Phi) is 3.06. The molecule has 2 aromatic rings. The van der Waals surface area contributed by atoms with E-state index in [9.17, 15) is 9.50 Å². The predicted molar refractivity (Wildman–Crippen MR) is 68.4 cm³/mol. The first-order chi connectivity index (χ1) is 9.24. The summed E-state index contributed by atoms with van der Waals surface area (Å²) in [6.45, 7) is 1.20. The highest BCUT2D eigenvalue weighted by Gasteiger charge is 2.14. The highest BCUT2D eigenvalue weighted by molar-refractivity contribution is 5.36. The number of aromatic hydroxyl groups is 1. The Balaban J connectivity index is 1.72. The molecule has 1 aliphatic heterocycles. The minimum Gasteiger partial charge on any atom is -0.505 e. The van der Waals surface area contributed by atoms with Crippen LogP contribution in [0, 0.1) is 5.82 Å². The number of halogens is 1. The molecule has 0 fully saturated rings. The van der Waals surface area contributed by atoms with Gasteiger partial charge in [-0.1, -0.05) is 12.1 Å². The van der Waals surface area contributed by atoms with E-state index in [1.165, 1.54) is 6.07 Å². The molecule has 1 aromatic carbocycles. The van der Waals surface area contributed by atoms with E-state index in [0.717, 1.165) is 31.6 Å². The zero-order chi connectivity index (χ0) is 13.2. The van der Waals surface area contributed by atoms with Crippen molar-refractivity contribution >= 4 is 5.95 Å². The van der Waals surface area contributed by atoms with Crippen LogP contribution in [0.25, 0.3) is 0 Å². The summed E-state index contributed by atoms with van der Waals surface area (Å²) in [7, 11) is 0. The molecule has 0 bridgehead atoms. The first kappa shape index (κ1) is 12.0. The lowest BCUT2D eigenvalue weighted by molar-refractivity contribution is 0.426. The van der Waals surface area contributed by atoms with E-state index in [0.29, 0.717) is 18.1 Å². The summed E-state index contributed by atoms with van der Waals surface area (Å²) < 4.78 is 15.1. The maximum absolute atomic E-state index is 13.2. The number of phenols is 1. The number of benzene rings is 1.